The smallest absolute Gasteiger partial charge is 0.151 e. The van der Waals surface area contributed by atoms with Gasteiger partial charge in [-0.2, -0.15) is 0 Å². The molecule has 25 heavy (non-hydrogen) atoms. The molecule has 4 bridgehead atoms. The van der Waals surface area contributed by atoms with Crippen LogP contribution in [0.25, 0.3) is 0 Å². The minimum Gasteiger partial charge on any atom is -0.229 e. The number of fused-ring (bicyclic) bond motifs is 3. The van der Waals surface area contributed by atoms with Gasteiger partial charge in [-0.3, -0.25) is 0 Å². The van der Waals surface area contributed by atoms with Crippen molar-refractivity contribution in [3.63, 3.8) is 0 Å². The molecule has 0 radical (unpaired) electrons. The van der Waals surface area contributed by atoms with Crippen molar-refractivity contribution >= 4 is 9.84 Å². The average molecular weight is 367 g/mol. The van der Waals surface area contributed by atoms with E-state index in [1.807, 2.05) is 0 Å². The predicted octanol–water partition coefficient (Wildman–Crippen LogP) is 5.33. The van der Waals surface area contributed by atoms with Gasteiger partial charge in [0.15, 0.2) is 9.84 Å². The van der Waals surface area contributed by atoms with Crippen LogP contribution in [-0.2, 0) is 9.84 Å². The monoisotopic (exact) mass is 366 g/mol. The van der Waals surface area contributed by atoms with Crippen LogP contribution in [-0.4, -0.2) is 19.9 Å². The maximum absolute atomic E-state index is 11.7. The van der Waals surface area contributed by atoms with Gasteiger partial charge in [0, 0.05) is 0 Å². The van der Waals surface area contributed by atoms with E-state index in [2.05, 4.69) is 41.5 Å². The van der Waals surface area contributed by atoms with Gasteiger partial charge in [0.05, 0.1) is 11.5 Å². The Morgan fingerprint density at radius 2 is 1.40 bits per heavy atom. The molecule has 144 valence electrons. The molecule has 6 unspecified atom stereocenters. The van der Waals surface area contributed by atoms with E-state index in [4.69, 9.17) is 0 Å². The topological polar surface area (TPSA) is 34.1 Å². The van der Waals surface area contributed by atoms with Gasteiger partial charge >= 0.3 is 0 Å². The van der Waals surface area contributed by atoms with Gasteiger partial charge in [-0.25, -0.2) is 8.42 Å². The van der Waals surface area contributed by atoms with Gasteiger partial charge in [-0.05, 0) is 83.9 Å². The molecule has 1 spiro atoms. The largest absolute Gasteiger partial charge is 0.229 e. The Hall–Kier alpha value is -0.0500. The van der Waals surface area contributed by atoms with E-state index in [1.165, 1.54) is 32.1 Å². The highest BCUT2D eigenvalue weighted by molar-refractivity contribution is 7.91. The zero-order valence-electron chi connectivity index (χ0n) is 17.2. The highest BCUT2D eigenvalue weighted by Crippen LogP contribution is 2.71. The minimum atomic E-state index is -2.72. The Labute approximate surface area is 155 Å². The van der Waals surface area contributed by atoms with Crippen LogP contribution in [0.1, 0.15) is 80.1 Å². The summed E-state index contributed by atoms with van der Waals surface area (Å²) in [7, 11) is -2.72. The summed E-state index contributed by atoms with van der Waals surface area (Å²) < 4.78 is 23.4. The molecule has 6 atom stereocenters. The molecule has 4 saturated carbocycles. The second kappa shape index (κ2) is 5.06. The number of sulfone groups is 1. The summed E-state index contributed by atoms with van der Waals surface area (Å²) in [5, 5.41) is 0. The Balaban J connectivity index is 0.000000129. The van der Waals surface area contributed by atoms with Crippen molar-refractivity contribution in [2.45, 2.75) is 80.1 Å². The lowest BCUT2D eigenvalue weighted by Crippen LogP contribution is -2.35. The molecular weight excluding hydrogens is 328 g/mol. The molecular formula is C22H38O2S. The Bertz CT molecular complexity index is 676. The molecule has 0 N–H and O–H groups in total. The first kappa shape index (κ1) is 18.3. The van der Waals surface area contributed by atoms with Crippen LogP contribution in [0.4, 0.5) is 0 Å². The van der Waals surface area contributed by atoms with E-state index in [0.717, 1.165) is 24.2 Å². The normalized spacial score (nSPS) is 52.7. The number of rotatable bonds is 0. The van der Waals surface area contributed by atoms with E-state index >= 15 is 0 Å². The molecule has 1 aliphatic heterocycles. The van der Waals surface area contributed by atoms with Crippen LogP contribution >= 0.6 is 0 Å². The van der Waals surface area contributed by atoms with Crippen molar-refractivity contribution in [2.24, 2.45) is 45.3 Å². The Morgan fingerprint density at radius 1 is 0.800 bits per heavy atom. The van der Waals surface area contributed by atoms with Gasteiger partial charge in [-0.15, -0.1) is 0 Å². The van der Waals surface area contributed by atoms with E-state index in [-0.39, 0.29) is 10.8 Å². The van der Waals surface area contributed by atoms with Crippen LogP contribution in [0.3, 0.4) is 0 Å². The molecule has 1 heterocycles. The SMILES string of the molecule is CC1(C)C2CCC13CS(=O)(=O)CC3C2.CC1CC2CCC1(C)C2(C)C. The van der Waals surface area contributed by atoms with Crippen LogP contribution < -0.4 is 0 Å². The van der Waals surface area contributed by atoms with Crippen LogP contribution in [0.5, 0.6) is 0 Å². The van der Waals surface area contributed by atoms with Gasteiger partial charge in [0.1, 0.15) is 0 Å². The third-order valence-corrected chi connectivity index (χ3v) is 12.6. The summed E-state index contributed by atoms with van der Waals surface area (Å²) in [5.74, 6) is 4.24. The summed E-state index contributed by atoms with van der Waals surface area (Å²) in [6.45, 7) is 14.5. The fourth-order valence-electron chi connectivity index (χ4n) is 8.20. The molecule has 5 rings (SSSR count). The lowest BCUT2D eigenvalue weighted by atomic mass is 9.67. The molecule has 5 aliphatic rings. The molecule has 2 nitrogen and oxygen atoms in total. The second-order valence-corrected chi connectivity index (χ2v) is 13.7. The van der Waals surface area contributed by atoms with Crippen molar-refractivity contribution in [2.75, 3.05) is 11.5 Å². The van der Waals surface area contributed by atoms with Crippen molar-refractivity contribution in [1.82, 2.24) is 0 Å². The van der Waals surface area contributed by atoms with Gasteiger partial charge in [-0.1, -0.05) is 41.5 Å². The van der Waals surface area contributed by atoms with Gasteiger partial charge < -0.3 is 0 Å². The van der Waals surface area contributed by atoms with E-state index in [0.29, 0.717) is 28.3 Å². The first-order valence-electron chi connectivity index (χ1n) is 10.6. The van der Waals surface area contributed by atoms with Crippen LogP contribution in [0, 0.1) is 45.3 Å². The van der Waals surface area contributed by atoms with Crippen molar-refractivity contribution in [3.8, 4) is 0 Å². The first-order chi connectivity index (χ1) is 11.4. The summed E-state index contributed by atoms with van der Waals surface area (Å²) in [4.78, 5) is 0. The quantitative estimate of drug-likeness (QED) is 0.581. The Morgan fingerprint density at radius 3 is 1.80 bits per heavy atom. The molecule has 1 saturated heterocycles. The Kier molecular flexibility index (Phi) is 3.70. The zero-order chi connectivity index (χ0) is 18.5. The lowest BCUT2D eigenvalue weighted by molar-refractivity contribution is 0.112. The third kappa shape index (κ3) is 2.17. The highest BCUT2D eigenvalue weighted by Gasteiger charge is 2.68. The molecule has 0 aromatic rings. The standard InChI is InChI=1S/C11H18O2S.C11H20/c1-10(2)8-3-4-11(10)7-14(12,13)6-9(11)5-8;1-8-7-9-5-6-11(8,4)10(9,2)3/h8-9H,3-7H2,1-2H3;8-9H,5-7H2,1-4H3. The van der Waals surface area contributed by atoms with Gasteiger partial charge in [0.25, 0.3) is 0 Å². The molecule has 5 fully saturated rings. The number of hydrogen-bond donors (Lipinski definition) is 0. The van der Waals surface area contributed by atoms with Gasteiger partial charge in [0.2, 0.25) is 0 Å². The fraction of sp³-hybridized carbons (Fsp3) is 1.00. The molecule has 3 heteroatoms. The highest BCUT2D eigenvalue weighted by atomic mass is 32.2. The number of hydrogen-bond acceptors (Lipinski definition) is 2. The molecule has 0 amide bonds. The van der Waals surface area contributed by atoms with E-state index in [9.17, 15) is 8.42 Å². The van der Waals surface area contributed by atoms with Crippen molar-refractivity contribution in [1.29, 1.82) is 0 Å². The summed E-state index contributed by atoms with van der Waals surface area (Å²) >= 11 is 0. The minimum absolute atomic E-state index is 0.163. The summed E-state index contributed by atoms with van der Waals surface area (Å²) in [5.41, 5.74) is 1.74. The molecule has 0 aromatic heterocycles. The first-order valence-corrected chi connectivity index (χ1v) is 12.4. The lowest BCUT2D eigenvalue weighted by Gasteiger charge is -2.37. The van der Waals surface area contributed by atoms with Crippen LogP contribution in [0.2, 0.25) is 0 Å². The zero-order valence-corrected chi connectivity index (χ0v) is 18.0. The van der Waals surface area contributed by atoms with E-state index in [1.54, 1.807) is 0 Å². The fourth-order valence-corrected chi connectivity index (χ4v) is 10.9. The van der Waals surface area contributed by atoms with Crippen LogP contribution in [0.15, 0.2) is 0 Å². The third-order valence-electron chi connectivity index (χ3n) is 10.8. The molecule has 4 aliphatic carbocycles. The predicted molar refractivity (Wildman–Crippen MR) is 104 cm³/mol. The maximum atomic E-state index is 11.7. The second-order valence-electron chi connectivity index (χ2n) is 11.6. The van der Waals surface area contributed by atoms with E-state index < -0.39 is 9.84 Å². The molecule has 0 aromatic carbocycles. The van der Waals surface area contributed by atoms with Crippen molar-refractivity contribution < 1.29 is 8.42 Å². The maximum Gasteiger partial charge on any atom is 0.151 e. The average Bonchev–Trinajstić information content (AvgIpc) is 3.10. The van der Waals surface area contributed by atoms with Crippen molar-refractivity contribution in [3.05, 3.63) is 0 Å². The summed E-state index contributed by atoms with van der Waals surface area (Å²) in [6.07, 6.45) is 8.06. The summed E-state index contributed by atoms with van der Waals surface area (Å²) in [6, 6.07) is 0.